The molecule has 0 amide bonds. The molecule has 0 radical (unpaired) electrons. The van der Waals surface area contributed by atoms with Crippen LogP contribution in [0.15, 0.2) is 18.3 Å². The SMILES string of the molecule is CC(C)(C)c1ccc(C(CN)CO)nc1. The minimum absolute atomic E-state index is 0.0426. The highest BCUT2D eigenvalue weighted by Crippen LogP contribution is 2.22. The predicted octanol–water partition coefficient (Wildman–Crippen LogP) is 1.41. The standard InChI is InChI=1S/C12H20N2O/c1-12(2,3)10-4-5-11(14-7-10)9(6-13)8-15/h4-5,7,9,15H,6,8,13H2,1-3H3. The van der Waals surface area contributed by atoms with Gasteiger partial charge in [0.1, 0.15) is 0 Å². The number of aliphatic hydroxyl groups excluding tert-OH is 1. The normalized spacial score (nSPS) is 13.9. The molecule has 0 saturated heterocycles. The van der Waals surface area contributed by atoms with Crippen LogP contribution in [0.1, 0.15) is 37.9 Å². The fraction of sp³-hybridized carbons (Fsp3) is 0.583. The van der Waals surface area contributed by atoms with Crippen molar-refractivity contribution in [2.24, 2.45) is 5.73 Å². The number of hydrogen-bond acceptors (Lipinski definition) is 3. The third kappa shape index (κ3) is 3.01. The van der Waals surface area contributed by atoms with Gasteiger partial charge in [-0.05, 0) is 17.0 Å². The number of pyridine rings is 1. The van der Waals surface area contributed by atoms with Crippen molar-refractivity contribution in [2.45, 2.75) is 32.1 Å². The number of aliphatic hydroxyl groups is 1. The van der Waals surface area contributed by atoms with Gasteiger partial charge in [-0.1, -0.05) is 26.8 Å². The van der Waals surface area contributed by atoms with E-state index in [2.05, 4.69) is 31.8 Å². The van der Waals surface area contributed by atoms with Crippen molar-refractivity contribution >= 4 is 0 Å². The summed E-state index contributed by atoms with van der Waals surface area (Å²) in [5.41, 5.74) is 7.72. The number of nitrogens with zero attached hydrogens (tertiary/aromatic N) is 1. The van der Waals surface area contributed by atoms with Gasteiger partial charge in [-0.25, -0.2) is 0 Å². The molecule has 0 aliphatic heterocycles. The van der Waals surface area contributed by atoms with Crippen molar-refractivity contribution in [1.82, 2.24) is 4.98 Å². The molecule has 0 bridgehead atoms. The van der Waals surface area contributed by atoms with Gasteiger partial charge >= 0.3 is 0 Å². The van der Waals surface area contributed by atoms with Gasteiger partial charge < -0.3 is 10.8 Å². The molecule has 1 heterocycles. The fourth-order valence-corrected chi connectivity index (χ4v) is 1.38. The topological polar surface area (TPSA) is 59.1 Å². The summed E-state index contributed by atoms with van der Waals surface area (Å²) in [4.78, 5) is 4.35. The molecule has 0 aliphatic rings. The smallest absolute Gasteiger partial charge is 0.0527 e. The van der Waals surface area contributed by atoms with Crippen LogP contribution in [-0.2, 0) is 5.41 Å². The molecule has 0 fully saturated rings. The van der Waals surface area contributed by atoms with Crippen molar-refractivity contribution in [1.29, 1.82) is 0 Å². The molecule has 84 valence electrons. The quantitative estimate of drug-likeness (QED) is 0.789. The molecule has 3 nitrogen and oxygen atoms in total. The van der Waals surface area contributed by atoms with E-state index in [-0.39, 0.29) is 17.9 Å². The first kappa shape index (κ1) is 12.1. The molecule has 1 unspecified atom stereocenters. The Morgan fingerprint density at radius 3 is 2.40 bits per heavy atom. The summed E-state index contributed by atoms with van der Waals surface area (Å²) >= 11 is 0. The van der Waals surface area contributed by atoms with Crippen LogP contribution in [0.2, 0.25) is 0 Å². The van der Waals surface area contributed by atoms with Gasteiger partial charge in [0.05, 0.1) is 6.61 Å². The van der Waals surface area contributed by atoms with Crippen LogP contribution in [-0.4, -0.2) is 23.2 Å². The summed E-state index contributed by atoms with van der Waals surface area (Å²) < 4.78 is 0. The molecule has 1 atom stereocenters. The minimum Gasteiger partial charge on any atom is -0.396 e. The van der Waals surface area contributed by atoms with E-state index in [1.165, 1.54) is 5.56 Å². The first-order valence-corrected chi connectivity index (χ1v) is 5.26. The lowest BCUT2D eigenvalue weighted by Gasteiger charge is -2.19. The van der Waals surface area contributed by atoms with E-state index in [0.717, 1.165) is 5.69 Å². The van der Waals surface area contributed by atoms with E-state index in [4.69, 9.17) is 10.8 Å². The molecule has 0 aliphatic carbocycles. The van der Waals surface area contributed by atoms with E-state index < -0.39 is 0 Å². The Kier molecular flexibility index (Phi) is 3.83. The third-order valence-corrected chi connectivity index (χ3v) is 2.58. The van der Waals surface area contributed by atoms with Crippen LogP contribution in [0.3, 0.4) is 0 Å². The van der Waals surface area contributed by atoms with Gasteiger partial charge in [0, 0.05) is 24.4 Å². The van der Waals surface area contributed by atoms with E-state index in [1.54, 1.807) is 0 Å². The molecule has 1 aromatic rings. The molecule has 1 aromatic heterocycles. The zero-order valence-electron chi connectivity index (χ0n) is 9.70. The van der Waals surface area contributed by atoms with Gasteiger partial charge in [0.2, 0.25) is 0 Å². The van der Waals surface area contributed by atoms with Gasteiger partial charge in [-0.15, -0.1) is 0 Å². The Bertz CT molecular complexity index is 296. The molecule has 3 heteroatoms. The number of hydrogen-bond donors (Lipinski definition) is 2. The van der Waals surface area contributed by atoms with Crippen LogP contribution >= 0.6 is 0 Å². The number of rotatable bonds is 3. The Morgan fingerprint density at radius 2 is 2.07 bits per heavy atom. The van der Waals surface area contributed by atoms with E-state index >= 15 is 0 Å². The van der Waals surface area contributed by atoms with Gasteiger partial charge in [0.15, 0.2) is 0 Å². The molecule has 3 N–H and O–H groups in total. The van der Waals surface area contributed by atoms with Crippen LogP contribution in [0, 0.1) is 0 Å². The Hall–Kier alpha value is -0.930. The van der Waals surface area contributed by atoms with Crippen molar-refractivity contribution < 1.29 is 5.11 Å². The van der Waals surface area contributed by atoms with Crippen LogP contribution < -0.4 is 5.73 Å². The van der Waals surface area contributed by atoms with E-state index in [1.807, 2.05) is 12.3 Å². The fourth-order valence-electron chi connectivity index (χ4n) is 1.38. The molecule has 0 saturated carbocycles. The van der Waals surface area contributed by atoms with Gasteiger partial charge in [0.25, 0.3) is 0 Å². The zero-order valence-corrected chi connectivity index (χ0v) is 9.70. The maximum atomic E-state index is 9.09. The second-order valence-electron chi connectivity index (χ2n) is 4.84. The Morgan fingerprint density at radius 1 is 1.40 bits per heavy atom. The highest BCUT2D eigenvalue weighted by atomic mass is 16.3. The number of aromatic nitrogens is 1. The van der Waals surface area contributed by atoms with Crippen molar-refractivity contribution in [3.05, 3.63) is 29.6 Å². The molecular formula is C12H20N2O. The lowest BCUT2D eigenvalue weighted by molar-refractivity contribution is 0.265. The maximum absolute atomic E-state index is 9.09. The second kappa shape index (κ2) is 4.73. The van der Waals surface area contributed by atoms with Crippen LogP contribution in [0.5, 0.6) is 0 Å². The summed E-state index contributed by atoms with van der Waals surface area (Å²) in [6.45, 7) is 6.93. The minimum atomic E-state index is -0.0426. The summed E-state index contributed by atoms with van der Waals surface area (Å²) in [5.74, 6) is -0.0426. The van der Waals surface area contributed by atoms with Crippen LogP contribution in [0.25, 0.3) is 0 Å². The van der Waals surface area contributed by atoms with Gasteiger partial charge in [-0.2, -0.15) is 0 Å². The molecular weight excluding hydrogens is 188 g/mol. The predicted molar refractivity (Wildman–Crippen MR) is 61.8 cm³/mol. The monoisotopic (exact) mass is 208 g/mol. The second-order valence-corrected chi connectivity index (χ2v) is 4.84. The summed E-state index contributed by atoms with van der Waals surface area (Å²) in [5, 5.41) is 9.09. The average Bonchev–Trinajstić information content (AvgIpc) is 2.19. The first-order chi connectivity index (χ1) is 6.99. The maximum Gasteiger partial charge on any atom is 0.0527 e. The third-order valence-electron chi connectivity index (χ3n) is 2.58. The number of nitrogens with two attached hydrogens (primary N) is 1. The summed E-state index contributed by atoms with van der Waals surface area (Å²) in [7, 11) is 0. The lowest BCUT2D eigenvalue weighted by atomic mass is 9.88. The Labute approximate surface area is 91.3 Å². The molecule has 1 rings (SSSR count). The van der Waals surface area contributed by atoms with Crippen molar-refractivity contribution in [3.63, 3.8) is 0 Å². The van der Waals surface area contributed by atoms with Crippen LogP contribution in [0.4, 0.5) is 0 Å². The summed E-state index contributed by atoms with van der Waals surface area (Å²) in [6, 6.07) is 4.01. The lowest BCUT2D eigenvalue weighted by Crippen LogP contribution is -2.18. The highest BCUT2D eigenvalue weighted by molar-refractivity contribution is 5.22. The first-order valence-electron chi connectivity index (χ1n) is 5.26. The van der Waals surface area contributed by atoms with Crippen molar-refractivity contribution in [3.8, 4) is 0 Å². The largest absolute Gasteiger partial charge is 0.396 e. The highest BCUT2D eigenvalue weighted by Gasteiger charge is 2.15. The van der Waals surface area contributed by atoms with Gasteiger partial charge in [-0.3, -0.25) is 4.98 Å². The molecule has 0 aromatic carbocycles. The van der Waals surface area contributed by atoms with E-state index in [9.17, 15) is 0 Å². The Balaban J connectivity index is 2.89. The van der Waals surface area contributed by atoms with E-state index in [0.29, 0.717) is 6.54 Å². The zero-order chi connectivity index (χ0) is 11.5. The molecule has 0 spiro atoms. The van der Waals surface area contributed by atoms with Crippen molar-refractivity contribution in [2.75, 3.05) is 13.2 Å². The molecule has 15 heavy (non-hydrogen) atoms. The summed E-state index contributed by atoms with van der Waals surface area (Å²) in [6.07, 6.45) is 1.87. The average molecular weight is 208 g/mol.